The standard InChI is InChI=1S/C18H21NO4S2/c1-13-7-9-16(24(2,20)21)12-18(13)19-25(22,23)17-10-8-14-5-3-4-6-15(14)11-17/h7-12,19H,3-6H2,1-2H3. The summed E-state index contributed by atoms with van der Waals surface area (Å²) in [5.74, 6) is 0. The molecule has 134 valence electrons. The van der Waals surface area contributed by atoms with Gasteiger partial charge in [0.05, 0.1) is 15.5 Å². The maximum atomic E-state index is 12.7. The van der Waals surface area contributed by atoms with Crippen LogP contribution in [0.3, 0.4) is 0 Å². The lowest BCUT2D eigenvalue weighted by molar-refractivity contribution is 0.598. The van der Waals surface area contributed by atoms with Crippen LogP contribution in [0.5, 0.6) is 0 Å². The van der Waals surface area contributed by atoms with Crippen LogP contribution in [0.15, 0.2) is 46.2 Å². The highest BCUT2D eigenvalue weighted by molar-refractivity contribution is 7.92. The lowest BCUT2D eigenvalue weighted by Crippen LogP contribution is -2.15. The number of aryl methyl sites for hydroxylation is 3. The van der Waals surface area contributed by atoms with Gasteiger partial charge in [0.15, 0.2) is 9.84 Å². The summed E-state index contributed by atoms with van der Waals surface area (Å²) in [4.78, 5) is 0.290. The largest absolute Gasteiger partial charge is 0.279 e. The molecule has 0 aliphatic heterocycles. The molecule has 0 spiro atoms. The predicted molar refractivity (Wildman–Crippen MR) is 98.2 cm³/mol. The van der Waals surface area contributed by atoms with Crippen molar-refractivity contribution in [3.05, 3.63) is 53.1 Å². The Morgan fingerprint density at radius 1 is 0.840 bits per heavy atom. The lowest BCUT2D eigenvalue weighted by atomic mass is 9.92. The molecule has 5 nitrogen and oxygen atoms in total. The summed E-state index contributed by atoms with van der Waals surface area (Å²) in [5, 5.41) is 0. The van der Waals surface area contributed by atoms with Crippen LogP contribution in [0, 0.1) is 6.92 Å². The van der Waals surface area contributed by atoms with E-state index in [-0.39, 0.29) is 15.5 Å². The molecule has 0 fully saturated rings. The Morgan fingerprint density at radius 3 is 2.16 bits per heavy atom. The van der Waals surface area contributed by atoms with Crippen LogP contribution >= 0.6 is 0 Å². The molecule has 1 N–H and O–H groups in total. The van der Waals surface area contributed by atoms with E-state index in [9.17, 15) is 16.8 Å². The highest BCUT2D eigenvalue weighted by Gasteiger charge is 2.19. The van der Waals surface area contributed by atoms with Gasteiger partial charge in [-0.1, -0.05) is 12.1 Å². The molecule has 0 heterocycles. The molecule has 7 heteroatoms. The lowest BCUT2D eigenvalue weighted by Gasteiger charge is -2.17. The molecular formula is C18H21NO4S2. The van der Waals surface area contributed by atoms with E-state index in [4.69, 9.17) is 0 Å². The van der Waals surface area contributed by atoms with Crippen LogP contribution in [0.25, 0.3) is 0 Å². The van der Waals surface area contributed by atoms with Crippen molar-refractivity contribution in [1.29, 1.82) is 0 Å². The minimum absolute atomic E-state index is 0.0845. The highest BCUT2D eigenvalue weighted by Crippen LogP contribution is 2.27. The van der Waals surface area contributed by atoms with Crippen LogP contribution in [0.2, 0.25) is 0 Å². The Kier molecular flexibility index (Phi) is 4.64. The number of nitrogens with one attached hydrogen (secondary N) is 1. The smallest absolute Gasteiger partial charge is 0.261 e. The van der Waals surface area contributed by atoms with E-state index in [1.54, 1.807) is 25.1 Å². The van der Waals surface area contributed by atoms with Gasteiger partial charge in [-0.05, 0) is 73.6 Å². The van der Waals surface area contributed by atoms with Crippen molar-refractivity contribution in [3.63, 3.8) is 0 Å². The molecule has 0 atom stereocenters. The molecule has 2 aromatic rings. The Balaban J connectivity index is 1.97. The van der Waals surface area contributed by atoms with E-state index < -0.39 is 19.9 Å². The van der Waals surface area contributed by atoms with Gasteiger partial charge < -0.3 is 0 Å². The van der Waals surface area contributed by atoms with Gasteiger partial charge in [0, 0.05) is 6.26 Å². The Morgan fingerprint density at radius 2 is 1.48 bits per heavy atom. The van der Waals surface area contributed by atoms with Gasteiger partial charge >= 0.3 is 0 Å². The Hall–Kier alpha value is -1.86. The SMILES string of the molecule is Cc1ccc(S(C)(=O)=O)cc1NS(=O)(=O)c1ccc2c(c1)CCCC2. The van der Waals surface area contributed by atoms with Crippen molar-refractivity contribution in [2.75, 3.05) is 11.0 Å². The second kappa shape index (κ2) is 6.46. The van der Waals surface area contributed by atoms with Crippen LogP contribution in [-0.2, 0) is 32.7 Å². The van der Waals surface area contributed by atoms with Gasteiger partial charge in [0.2, 0.25) is 0 Å². The van der Waals surface area contributed by atoms with Crippen LogP contribution in [-0.4, -0.2) is 23.1 Å². The third-order valence-electron chi connectivity index (χ3n) is 4.51. The van der Waals surface area contributed by atoms with Gasteiger partial charge in [-0.2, -0.15) is 0 Å². The minimum atomic E-state index is -3.78. The summed E-state index contributed by atoms with van der Waals surface area (Å²) in [6.07, 6.45) is 5.17. The molecule has 0 amide bonds. The summed E-state index contributed by atoms with van der Waals surface area (Å²) in [5.41, 5.74) is 3.23. The summed E-state index contributed by atoms with van der Waals surface area (Å²) in [7, 11) is -7.19. The number of hydrogen-bond acceptors (Lipinski definition) is 4. The molecule has 0 unspecified atom stereocenters. The fourth-order valence-electron chi connectivity index (χ4n) is 3.02. The normalized spacial score (nSPS) is 14.8. The van der Waals surface area contributed by atoms with E-state index >= 15 is 0 Å². The molecule has 1 aliphatic carbocycles. The second-order valence-electron chi connectivity index (χ2n) is 6.49. The molecule has 0 aromatic heterocycles. The van der Waals surface area contributed by atoms with Crippen molar-refractivity contribution in [2.24, 2.45) is 0 Å². The van der Waals surface area contributed by atoms with E-state index in [2.05, 4.69) is 4.72 Å². The number of sulfone groups is 1. The molecule has 1 aliphatic rings. The molecular weight excluding hydrogens is 358 g/mol. The molecule has 0 saturated carbocycles. The summed E-state index contributed by atoms with van der Waals surface area (Å²) in [6, 6.07) is 9.65. The summed E-state index contributed by atoms with van der Waals surface area (Å²) >= 11 is 0. The summed E-state index contributed by atoms with van der Waals surface area (Å²) < 4.78 is 51.4. The van der Waals surface area contributed by atoms with Gasteiger partial charge in [-0.25, -0.2) is 16.8 Å². The molecule has 0 saturated heterocycles. The van der Waals surface area contributed by atoms with Crippen molar-refractivity contribution in [2.45, 2.75) is 42.4 Å². The zero-order valence-corrected chi connectivity index (χ0v) is 15.9. The molecule has 2 aromatic carbocycles. The number of rotatable bonds is 4. The number of benzene rings is 2. The minimum Gasteiger partial charge on any atom is -0.279 e. The molecule has 0 radical (unpaired) electrons. The van der Waals surface area contributed by atoms with Crippen molar-refractivity contribution < 1.29 is 16.8 Å². The number of fused-ring (bicyclic) bond motifs is 1. The van der Waals surface area contributed by atoms with E-state index in [0.29, 0.717) is 5.56 Å². The quantitative estimate of drug-likeness (QED) is 0.885. The fraction of sp³-hybridized carbons (Fsp3) is 0.333. The van der Waals surface area contributed by atoms with Crippen LogP contribution in [0.1, 0.15) is 29.5 Å². The zero-order valence-electron chi connectivity index (χ0n) is 14.2. The molecule has 3 rings (SSSR count). The van der Waals surface area contributed by atoms with Crippen LogP contribution < -0.4 is 4.72 Å². The maximum Gasteiger partial charge on any atom is 0.261 e. The Bertz CT molecular complexity index is 1030. The second-order valence-corrected chi connectivity index (χ2v) is 10.2. The first-order chi connectivity index (χ1) is 11.7. The van der Waals surface area contributed by atoms with Crippen molar-refractivity contribution >= 4 is 25.5 Å². The van der Waals surface area contributed by atoms with Gasteiger partial charge in [0.1, 0.15) is 0 Å². The zero-order chi connectivity index (χ0) is 18.2. The molecule has 0 bridgehead atoms. The third-order valence-corrected chi connectivity index (χ3v) is 6.99. The average molecular weight is 380 g/mol. The van der Waals surface area contributed by atoms with E-state index in [1.165, 1.54) is 17.7 Å². The number of hydrogen-bond donors (Lipinski definition) is 1. The average Bonchev–Trinajstić information content (AvgIpc) is 2.55. The van der Waals surface area contributed by atoms with E-state index in [0.717, 1.165) is 37.5 Å². The number of anilines is 1. The van der Waals surface area contributed by atoms with Crippen LogP contribution in [0.4, 0.5) is 5.69 Å². The highest BCUT2D eigenvalue weighted by atomic mass is 32.2. The van der Waals surface area contributed by atoms with E-state index in [1.807, 2.05) is 6.07 Å². The van der Waals surface area contributed by atoms with Crippen molar-refractivity contribution in [3.8, 4) is 0 Å². The van der Waals surface area contributed by atoms with Gasteiger partial charge in [-0.3, -0.25) is 4.72 Å². The first-order valence-electron chi connectivity index (χ1n) is 8.12. The third kappa shape index (κ3) is 3.88. The topological polar surface area (TPSA) is 80.3 Å². The first kappa shape index (κ1) is 17.9. The maximum absolute atomic E-state index is 12.7. The fourth-order valence-corrected chi connectivity index (χ4v) is 4.84. The van der Waals surface area contributed by atoms with Gasteiger partial charge in [-0.15, -0.1) is 0 Å². The predicted octanol–water partition coefficient (Wildman–Crippen LogP) is 3.08. The molecule has 25 heavy (non-hydrogen) atoms. The number of sulfonamides is 1. The monoisotopic (exact) mass is 379 g/mol. The first-order valence-corrected chi connectivity index (χ1v) is 11.5. The Labute approximate surface area is 149 Å². The van der Waals surface area contributed by atoms with Gasteiger partial charge in [0.25, 0.3) is 10.0 Å². The van der Waals surface area contributed by atoms with Crippen molar-refractivity contribution in [1.82, 2.24) is 0 Å². The summed E-state index contributed by atoms with van der Waals surface area (Å²) in [6.45, 7) is 1.73.